The van der Waals surface area contributed by atoms with Gasteiger partial charge in [-0.25, -0.2) is 0 Å². The van der Waals surface area contributed by atoms with Gasteiger partial charge in [-0.05, 0) is 55.7 Å². The van der Waals surface area contributed by atoms with Crippen molar-refractivity contribution in [2.45, 2.75) is 45.6 Å². The number of nitrogens with zero attached hydrogens (tertiary/aromatic N) is 1. The first-order valence-electron chi connectivity index (χ1n) is 8.23. The van der Waals surface area contributed by atoms with Gasteiger partial charge in [0.1, 0.15) is 0 Å². The Hall–Kier alpha value is -1.06. The summed E-state index contributed by atoms with van der Waals surface area (Å²) >= 11 is 0. The smallest absolute Gasteiger partial charge is 0.0491 e. The molecule has 1 heterocycles. The normalized spacial score (nSPS) is 18.0. The molecule has 1 aliphatic heterocycles. The van der Waals surface area contributed by atoms with Crippen molar-refractivity contribution in [3.05, 3.63) is 29.3 Å². The second kappa shape index (κ2) is 7.81. The number of benzene rings is 1. The zero-order chi connectivity index (χ0) is 15.2. The maximum Gasteiger partial charge on any atom is 0.0491 e. The second-order valence-corrected chi connectivity index (χ2v) is 6.38. The first-order valence-corrected chi connectivity index (χ1v) is 8.23. The summed E-state index contributed by atoms with van der Waals surface area (Å²) in [5.74, 6) is 0.730. The molecule has 1 fully saturated rings. The maximum atomic E-state index is 6.06. The van der Waals surface area contributed by atoms with Gasteiger partial charge in [-0.15, -0.1) is 0 Å². The van der Waals surface area contributed by atoms with E-state index >= 15 is 0 Å². The fraction of sp³-hybridized carbons (Fsp3) is 0.667. The van der Waals surface area contributed by atoms with Crippen LogP contribution in [0.15, 0.2) is 18.2 Å². The van der Waals surface area contributed by atoms with Crippen LogP contribution in [0.2, 0.25) is 0 Å². The number of ether oxygens (including phenoxy) is 1. The topological polar surface area (TPSA) is 38.5 Å². The SMILES string of the molecule is CCC(N)Cc1ccc(N2CCC(COC)CC2)c(C)c1. The molecule has 0 aliphatic carbocycles. The maximum absolute atomic E-state index is 6.06. The quantitative estimate of drug-likeness (QED) is 0.875. The molecule has 21 heavy (non-hydrogen) atoms. The molecule has 0 radical (unpaired) electrons. The molecule has 0 spiro atoms. The number of nitrogens with two attached hydrogens (primary N) is 1. The third-order valence-corrected chi connectivity index (χ3v) is 4.64. The van der Waals surface area contributed by atoms with Crippen LogP contribution >= 0.6 is 0 Å². The van der Waals surface area contributed by atoms with Crippen LogP contribution in [0.3, 0.4) is 0 Å². The first-order chi connectivity index (χ1) is 10.1. The molecule has 3 heteroatoms. The van der Waals surface area contributed by atoms with Gasteiger partial charge < -0.3 is 15.4 Å². The lowest BCUT2D eigenvalue weighted by Crippen LogP contribution is -2.35. The highest BCUT2D eigenvalue weighted by atomic mass is 16.5. The van der Waals surface area contributed by atoms with E-state index in [1.165, 1.54) is 29.7 Å². The number of anilines is 1. The van der Waals surface area contributed by atoms with Crippen molar-refractivity contribution < 1.29 is 4.74 Å². The van der Waals surface area contributed by atoms with E-state index in [4.69, 9.17) is 10.5 Å². The molecular weight excluding hydrogens is 260 g/mol. The number of aryl methyl sites for hydroxylation is 1. The van der Waals surface area contributed by atoms with Gasteiger partial charge in [0.05, 0.1) is 0 Å². The Morgan fingerprint density at radius 3 is 2.62 bits per heavy atom. The van der Waals surface area contributed by atoms with Crippen molar-refractivity contribution in [2.75, 3.05) is 31.7 Å². The van der Waals surface area contributed by atoms with Crippen molar-refractivity contribution in [1.29, 1.82) is 0 Å². The van der Waals surface area contributed by atoms with E-state index in [-0.39, 0.29) is 6.04 Å². The Labute approximate surface area is 129 Å². The Kier molecular flexibility index (Phi) is 6.07. The zero-order valence-electron chi connectivity index (χ0n) is 13.8. The van der Waals surface area contributed by atoms with Gasteiger partial charge in [-0.3, -0.25) is 0 Å². The second-order valence-electron chi connectivity index (χ2n) is 6.38. The number of hydrogen-bond donors (Lipinski definition) is 1. The predicted octanol–water partition coefficient (Wildman–Crippen LogP) is 3.14. The van der Waals surface area contributed by atoms with Gasteiger partial charge in [-0.2, -0.15) is 0 Å². The molecule has 3 nitrogen and oxygen atoms in total. The van der Waals surface area contributed by atoms with E-state index in [2.05, 4.69) is 36.9 Å². The lowest BCUT2D eigenvalue weighted by Gasteiger charge is -2.34. The summed E-state index contributed by atoms with van der Waals surface area (Å²) in [6.45, 7) is 7.56. The van der Waals surface area contributed by atoms with Crippen LogP contribution in [0, 0.1) is 12.8 Å². The molecule has 1 aliphatic rings. The van der Waals surface area contributed by atoms with Crippen LogP contribution in [-0.4, -0.2) is 32.8 Å². The standard InChI is InChI=1S/C18H30N2O/c1-4-17(19)12-16-5-6-18(14(2)11-16)20-9-7-15(8-10-20)13-21-3/h5-6,11,15,17H,4,7-10,12-13,19H2,1-3H3. The lowest BCUT2D eigenvalue weighted by molar-refractivity contribution is 0.139. The fourth-order valence-corrected chi connectivity index (χ4v) is 3.22. The molecule has 2 rings (SSSR count). The Morgan fingerprint density at radius 2 is 2.05 bits per heavy atom. The molecule has 1 saturated heterocycles. The zero-order valence-corrected chi connectivity index (χ0v) is 13.8. The third-order valence-electron chi connectivity index (χ3n) is 4.64. The number of hydrogen-bond acceptors (Lipinski definition) is 3. The molecule has 1 unspecified atom stereocenters. The average molecular weight is 290 g/mol. The van der Waals surface area contributed by atoms with Gasteiger partial charge in [0, 0.05) is 38.5 Å². The average Bonchev–Trinajstić information content (AvgIpc) is 2.49. The molecule has 1 aromatic rings. The molecule has 1 aromatic carbocycles. The van der Waals surface area contributed by atoms with Crippen LogP contribution in [-0.2, 0) is 11.2 Å². The summed E-state index contributed by atoms with van der Waals surface area (Å²) in [6.07, 6.45) is 4.48. The van der Waals surface area contributed by atoms with Crippen molar-refractivity contribution in [1.82, 2.24) is 0 Å². The van der Waals surface area contributed by atoms with Gasteiger partial charge in [0.15, 0.2) is 0 Å². The van der Waals surface area contributed by atoms with Crippen molar-refractivity contribution in [2.24, 2.45) is 11.7 Å². The highest BCUT2D eigenvalue weighted by Gasteiger charge is 2.20. The van der Waals surface area contributed by atoms with Gasteiger partial charge in [0.25, 0.3) is 0 Å². The Balaban J connectivity index is 1.98. The third kappa shape index (κ3) is 4.45. The molecular formula is C18H30N2O. The first kappa shape index (κ1) is 16.3. The van der Waals surface area contributed by atoms with Crippen molar-refractivity contribution in [3.63, 3.8) is 0 Å². The molecule has 1 atom stereocenters. The minimum absolute atomic E-state index is 0.278. The van der Waals surface area contributed by atoms with E-state index in [1.807, 2.05) is 0 Å². The summed E-state index contributed by atoms with van der Waals surface area (Å²) < 4.78 is 5.28. The molecule has 0 amide bonds. The lowest BCUT2D eigenvalue weighted by atomic mass is 9.96. The highest BCUT2D eigenvalue weighted by molar-refractivity contribution is 5.54. The molecule has 0 aromatic heterocycles. The summed E-state index contributed by atoms with van der Waals surface area (Å²) in [5, 5.41) is 0. The summed E-state index contributed by atoms with van der Waals surface area (Å²) in [5.41, 5.74) is 10.2. The van der Waals surface area contributed by atoms with Crippen molar-refractivity contribution >= 4 is 5.69 Å². The van der Waals surface area contributed by atoms with E-state index in [9.17, 15) is 0 Å². The van der Waals surface area contributed by atoms with E-state index in [0.717, 1.165) is 38.5 Å². The van der Waals surface area contributed by atoms with E-state index in [0.29, 0.717) is 0 Å². The monoisotopic (exact) mass is 290 g/mol. The Morgan fingerprint density at radius 1 is 1.33 bits per heavy atom. The van der Waals surface area contributed by atoms with Crippen LogP contribution in [0.25, 0.3) is 0 Å². The van der Waals surface area contributed by atoms with Crippen LogP contribution < -0.4 is 10.6 Å². The van der Waals surface area contributed by atoms with E-state index in [1.54, 1.807) is 7.11 Å². The summed E-state index contributed by atoms with van der Waals surface area (Å²) in [4.78, 5) is 2.52. The molecule has 2 N–H and O–H groups in total. The number of methoxy groups -OCH3 is 1. The fourth-order valence-electron chi connectivity index (χ4n) is 3.22. The van der Waals surface area contributed by atoms with Gasteiger partial charge in [0.2, 0.25) is 0 Å². The number of piperidine rings is 1. The van der Waals surface area contributed by atoms with Crippen LogP contribution in [0.1, 0.15) is 37.3 Å². The minimum Gasteiger partial charge on any atom is -0.384 e. The van der Waals surface area contributed by atoms with Crippen LogP contribution in [0.5, 0.6) is 0 Å². The Bertz CT molecular complexity index is 439. The molecule has 0 bridgehead atoms. The number of rotatable bonds is 6. The van der Waals surface area contributed by atoms with Gasteiger partial charge in [-0.1, -0.05) is 19.1 Å². The summed E-state index contributed by atoms with van der Waals surface area (Å²) in [7, 11) is 1.80. The molecule has 0 saturated carbocycles. The predicted molar refractivity (Wildman–Crippen MR) is 90.0 cm³/mol. The van der Waals surface area contributed by atoms with Gasteiger partial charge >= 0.3 is 0 Å². The highest BCUT2D eigenvalue weighted by Crippen LogP contribution is 2.27. The largest absolute Gasteiger partial charge is 0.384 e. The summed E-state index contributed by atoms with van der Waals surface area (Å²) in [6, 6.07) is 7.12. The molecule has 118 valence electrons. The van der Waals surface area contributed by atoms with Crippen molar-refractivity contribution in [3.8, 4) is 0 Å². The minimum atomic E-state index is 0.278. The van der Waals surface area contributed by atoms with Crippen LogP contribution in [0.4, 0.5) is 5.69 Å². The van der Waals surface area contributed by atoms with E-state index < -0.39 is 0 Å².